The Kier molecular flexibility index (Phi) is 7.20. The Hall–Kier alpha value is -2.04. The number of hydrogen-bond donors (Lipinski definition) is 0. The molecule has 0 spiro atoms. The Morgan fingerprint density at radius 1 is 1.10 bits per heavy atom. The van der Waals surface area contributed by atoms with Crippen LogP contribution in [-0.4, -0.2) is 29.4 Å². The van der Waals surface area contributed by atoms with E-state index in [-0.39, 0.29) is 30.4 Å². The van der Waals surface area contributed by atoms with E-state index in [9.17, 15) is 9.59 Å². The third kappa shape index (κ3) is 4.76. The number of hydrogen-bond acceptors (Lipinski definition) is 3. The van der Waals surface area contributed by atoms with Gasteiger partial charge in [0.1, 0.15) is 6.04 Å². The van der Waals surface area contributed by atoms with Gasteiger partial charge in [0.25, 0.3) is 0 Å². The van der Waals surface area contributed by atoms with Gasteiger partial charge in [0.15, 0.2) is 0 Å². The summed E-state index contributed by atoms with van der Waals surface area (Å²) in [5, 5.41) is 1.28. The van der Waals surface area contributed by atoms with Gasteiger partial charge in [-0.3, -0.25) is 4.79 Å². The van der Waals surface area contributed by atoms with Gasteiger partial charge in [-0.2, -0.15) is 0 Å². The van der Waals surface area contributed by atoms with Gasteiger partial charge in [0.2, 0.25) is 5.91 Å². The lowest BCUT2D eigenvalue weighted by Crippen LogP contribution is -2.51. The molecule has 1 amide bonds. The van der Waals surface area contributed by atoms with Crippen LogP contribution < -0.4 is 0 Å². The summed E-state index contributed by atoms with van der Waals surface area (Å²) in [5.41, 5.74) is 1.99. The van der Waals surface area contributed by atoms with Crippen LogP contribution in [0.4, 0.5) is 0 Å². The number of esters is 1. The van der Waals surface area contributed by atoms with Gasteiger partial charge in [0, 0.05) is 22.4 Å². The van der Waals surface area contributed by atoms with Gasteiger partial charge < -0.3 is 9.64 Å². The molecule has 6 heteroatoms. The maximum absolute atomic E-state index is 13.1. The van der Waals surface area contributed by atoms with Gasteiger partial charge >= 0.3 is 5.97 Å². The molecule has 0 aliphatic carbocycles. The molecule has 1 aliphatic rings. The lowest BCUT2D eigenvalue weighted by molar-refractivity contribution is -0.159. The Morgan fingerprint density at radius 2 is 1.83 bits per heavy atom. The smallest absolute Gasteiger partial charge is 0.328 e. The van der Waals surface area contributed by atoms with Crippen LogP contribution in [0.3, 0.4) is 0 Å². The van der Waals surface area contributed by atoms with E-state index in [1.165, 1.54) is 0 Å². The summed E-state index contributed by atoms with van der Waals surface area (Å²) in [6, 6.07) is 14.3. The lowest BCUT2D eigenvalue weighted by atomic mass is 9.79. The van der Waals surface area contributed by atoms with Gasteiger partial charge in [0.05, 0.1) is 12.6 Å². The predicted octanol–water partition coefficient (Wildman–Crippen LogP) is 5.78. The average molecular weight is 434 g/mol. The topological polar surface area (TPSA) is 46.6 Å². The molecule has 0 radical (unpaired) electrons. The molecule has 29 heavy (non-hydrogen) atoms. The summed E-state index contributed by atoms with van der Waals surface area (Å²) in [6.07, 6.45) is 1.54. The molecule has 1 fully saturated rings. The summed E-state index contributed by atoms with van der Waals surface area (Å²) >= 11 is 12.4. The molecule has 0 aromatic heterocycles. The van der Waals surface area contributed by atoms with Crippen molar-refractivity contribution >= 4 is 35.1 Å². The van der Waals surface area contributed by atoms with E-state index in [0.717, 1.165) is 11.1 Å². The molecule has 1 aliphatic heterocycles. The molecule has 2 aromatic rings. The zero-order valence-electron chi connectivity index (χ0n) is 16.6. The second-order valence-corrected chi connectivity index (χ2v) is 8.05. The maximum atomic E-state index is 13.1. The van der Waals surface area contributed by atoms with Crippen molar-refractivity contribution in [3.8, 4) is 0 Å². The average Bonchev–Trinajstić information content (AvgIpc) is 2.70. The highest BCUT2D eigenvalue weighted by Gasteiger charge is 2.43. The highest BCUT2D eigenvalue weighted by molar-refractivity contribution is 6.30. The summed E-state index contributed by atoms with van der Waals surface area (Å²) in [7, 11) is 0. The number of ether oxygens (including phenoxy) is 1. The van der Waals surface area contributed by atoms with Crippen LogP contribution in [0.5, 0.6) is 0 Å². The minimum atomic E-state index is -0.634. The predicted molar refractivity (Wildman–Crippen MR) is 115 cm³/mol. The molecule has 1 saturated heterocycles. The largest absolute Gasteiger partial charge is 0.464 e. The van der Waals surface area contributed by atoms with Crippen LogP contribution in [0.2, 0.25) is 10.0 Å². The number of piperidine rings is 1. The van der Waals surface area contributed by atoms with Crippen molar-refractivity contribution in [1.29, 1.82) is 0 Å². The van der Waals surface area contributed by atoms with Crippen molar-refractivity contribution in [2.45, 2.75) is 51.1 Å². The molecule has 1 heterocycles. The fourth-order valence-electron chi connectivity index (χ4n) is 4.14. The molecule has 4 nitrogen and oxygen atoms in total. The number of amides is 1. The van der Waals surface area contributed by atoms with Crippen molar-refractivity contribution < 1.29 is 14.3 Å². The van der Waals surface area contributed by atoms with E-state index in [0.29, 0.717) is 29.3 Å². The lowest BCUT2D eigenvalue weighted by Gasteiger charge is -2.44. The fraction of sp³-hybridized carbons (Fsp3) is 0.391. The maximum Gasteiger partial charge on any atom is 0.328 e. The molecule has 0 saturated carbocycles. The summed E-state index contributed by atoms with van der Waals surface area (Å²) in [4.78, 5) is 27.5. The summed E-state index contributed by atoms with van der Waals surface area (Å²) < 4.78 is 5.28. The first-order valence-electron chi connectivity index (χ1n) is 9.95. The first-order chi connectivity index (χ1) is 14.0. The first-order valence-corrected chi connectivity index (χ1v) is 10.7. The highest BCUT2D eigenvalue weighted by Crippen LogP contribution is 2.45. The van der Waals surface area contributed by atoms with E-state index in [4.69, 9.17) is 27.9 Å². The van der Waals surface area contributed by atoms with Crippen LogP contribution in [0, 0.1) is 0 Å². The monoisotopic (exact) mass is 433 g/mol. The Labute approximate surface area is 181 Å². The second kappa shape index (κ2) is 9.64. The number of rotatable bonds is 6. The minimum Gasteiger partial charge on any atom is -0.464 e. The molecule has 154 valence electrons. The fourth-order valence-corrected chi connectivity index (χ4v) is 4.46. The number of nitrogens with zero attached hydrogens (tertiary/aromatic N) is 1. The molecule has 0 N–H and O–H groups in total. The van der Waals surface area contributed by atoms with Crippen molar-refractivity contribution in [3.05, 3.63) is 69.7 Å². The van der Waals surface area contributed by atoms with Gasteiger partial charge in [-0.05, 0) is 55.2 Å². The van der Waals surface area contributed by atoms with Crippen LogP contribution in [0.15, 0.2) is 48.5 Å². The van der Waals surface area contributed by atoms with Gasteiger partial charge in [-0.25, -0.2) is 4.79 Å². The summed E-state index contributed by atoms with van der Waals surface area (Å²) in [6.45, 7) is 3.95. The molecular weight excluding hydrogens is 409 g/mol. The molecule has 3 atom stereocenters. The SMILES string of the molecule is CCOC(=O)[C@H](CC)N1C(=O)CC[C@H](c2cccc(Cl)c2)[C@H]1c1ccc(Cl)cc1. The normalized spacial score (nSPS) is 20.4. The molecule has 2 aromatic carbocycles. The molecule has 0 bridgehead atoms. The van der Waals surface area contributed by atoms with Crippen molar-refractivity contribution in [2.75, 3.05) is 6.61 Å². The number of halogens is 2. The number of benzene rings is 2. The van der Waals surface area contributed by atoms with Crippen molar-refractivity contribution in [1.82, 2.24) is 4.90 Å². The Bertz CT molecular complexity index is 869. The minimum absolute atomic E-state index is 0.0102. The number of likely N-dealkylation sites (tertiary alicyclic amines) is 1. The van der Waals surface area contributed by atoms with E-state index in [2.05, 4.69) is 0 Å². The third-order valence-electron chi connectivity index (χ3n) is 5.41. The van der Waals surface area contributed by atoms with E-state index >= 15 is 0 Å². The van der Waals surface area contributed by atoms with Crippen LogP contribution in [0.1, 0.15) is 56.2 Å². The zero-order valence-corrected chi connectivity index (χ0v) is 18.1. The van der Waals surface area contributed by atoms with E-state index in [1.807, 2.05) is 55.5 Å². The number of carbonyl (C=O) groups is 2. The zero-order chi connectivity index (χ0) is 21.0. The highest BCUT2D eigenvalue weighted by atomic mass is 35.5. The molecule has 3 rings (SSSR count). The van der Waals surface area contributed by atoms with Crippen LogP contribution in [0.25, 0.3) is 0 Å². The van der Waals surface area contributed by atoms with E-state index in [1.54, 1.807) is 11.8 Å². The third-order valence-corrected chi connectivity index (χ3v) is 5.89. The van der Waals surface area contributed by atoms with Gasteiger partial charge in [-0.1, -0.05) is 54.4 Å². The second-order valence-electron chi connectivity index (χ2n) is 7.17. The van der Waals surface area contributed by atoms with Crippen molar-refractivity contribution in [3.63, 3.8) is 0 Å². The summed E-state index contributed by atoms with van der Waals surface area (Å²) in [5.74, 6) is -0.395. The van der Waals surface area contributed by atoms with Crippen LogP contribution >= 0.6 is 23.2 Å². The Balaban J connectivity index is 2.10. The van der Waals surface area contributed by atoms with Crippen LogP contribution in [-0.2, 0) is 14.3 Å². The van der Waals surface area contributed by atoms with Gasteiger partial charge in [-0.15, -0.1) is 0 Å². The Morgan fingerprint density at radius 3 is 2.45 bits per heavy atom. The molecular formula is C23H25Cl2NO3. The first kappa shape index (κ1) is 21.7. The molecule has 0 unspecified atom stereocenters. The van der Waals surface area contributed by atoms with Crippen molar-refractivity contribution in [2.24, 2.45) is 0 Å². The van der Waals surface area contributed by atoms with E-state index < -0.39 is 6.04 Å². The standard InChI is InChI=1S/C23H25Cl2NO3/c1-3-20(23(28)29-4-2)26-21(27)13-12-19(16-6-5-7-18(25)14-16)22(26)15-8-10-17(24)11-9-15/h5-11,14,19-20,22H,3-4,12-13H2,1-2H3/t19-,20+,22-/m1/s1. The quantitative estimate of drug-likeness (QED) is 0.542. The number of carbonyl (C=O) groups excluding carboxylic acids is 2.